The van der Waals surface area contributed by atoms with E-state index in [9.17, 15) is 9.59 Å². The molecule has 0 heterocycles. The second-order valence-corrected chi connectivity index (χ2v) is 7.94. The van der Waals surface area contributed by atoms with Gasteiger partial charge in [-0.05, 0) is 31.6 Å². The average Bonchev–Trinajstić information content (AvgIpc) is 2.82. The SMILES string of the molecule is CCCCCCOC(=O)C1CCCC(C)CC1C(=O)OCCCCCC. The molecule has 1 aliphatic carbocycles. The minimum Gasteiger partial charge on any atom is -0.465 e. The summed E-state index contributed by atoms with van der Waals surface area (Å²) in [5, 5.41) is 0. The molecule has 0 N–H and O–H groups in total. The van der Waals surface area contributed by atoms with Gasteiger partial charge >= 0.3 is 11.9 Å². The Bertz CT molecular complexity index is 394. The van der Waals surface area contributed by atoms with Gasteiger partial charge in [0.1, 0.15) is 0 Å². The predicted octanol–water partition coefficient (Wildman–Crippen LogP) is 5.68. The molecule has 0 spiro atoms. The van der Waals surface area contributed by atoms with E-state index in [1.807, 2.05) is 0 Å². The smallest absolute Gasteiger partial charge is 0.309 e. The van der Waals surface area contributed by atoms with E-state index in [4.69, 9.17) is 9.47 Å². The highest BCUT2D eigenvalue weighted by molar-refractivity contribution is 5.82. The van der Waals surface area contributed by atoms with Crippen LogP contribution in [0.3, 0.4) is 0 Å². The Labute approximate surface area is 160 Å². The summed E-state index contributed by atoms with van der Waals surface area (Å²) in [4.78, 5) is 25.2. The molecule has 3 atom stereocenters. The lowest BCUT2D eigenvalue weighted by atomic mass is 9.86. The standard InChI is InChI=1S/C22H40O4/c1-4-6-8-10-15-25-21(23)19-14-12-13-18(3)17-20(19)22(24)26-16-11-9-7-5-2/h18-20H,4-17H2,1-3H3. The van der Waals surface area contributed by atoms with Crippen molar-refractivity contribution in [3.05, 3.63) is 0 Å². The lowest BCUT2D eigenvalue weighted by Crippen LogP contribution is -2.33. The van der Waals surface area contributed by atoms with E-state index in [1.54, 1.807) is 0 Å². The Morgan fingerprint density at radius 3 is 1.85 bits per heavy atom. The summed E-state index contributed by atoms with van der Waals surface area (Å²) < 4.78 is 11.0. The molecule has 0 aromatic rings. The van der Waals surface area contributed by atoms with Crippen molar-refractivity contribution in [2.45, 2.75) is 97.8 Å². The minimum atomic E-state index is -0.332. The first kappa shape index (κ1) is 23.0. The van der Waals surface area contributed by atoms with Crippen LogP contribution in [0.25, 0.3) is 0 Å². The Morgan fingerprint density at radius 2 is 1.31 bits per heavy atom. The molecule has 4 heteroatoms. The summed E-state index contributed by atoms with van der Waals surface area (Å²) in [5.41, 5.74) is 0. The van der Waals surface area contributed by atoms with Gasteiger partial charge in [0.2, 0.25) is 0 Å². The van der Waals surface area contributed by atoms with Crippen LogP contribution in [0.4, 0.5) is 0 Å². The number of carbonyl (C=O) groups is 2. The number of hydrogen-bond acceptors (Lipinski definition) is 4. The summed E-state index contributed by atoms with van der Waals surface area (Å²) >= 11 is 0. The van der Waals surface area contributed by atoms with E-state index in [0.29, 0.717) is 19.1 Å². The van der Waals surface area contributed by atoms with Crippen LogP contribution in [0.5, 0.6) is 0 Å². The monoisotopic (exact) mass is 368 g/mol. The molecular formula is C22H40O4. The van der Waals surface area contributed by atoms with E-state index in [1.165, 1.54) is 25.7 Å². The van der Waals surface area contributed by atoms with Gasteiger partial charge in [0.25, 0.3) is 0 Å². The fourth-order valence-electron chi connectivity index (χ4n) is 3.76. The number of carbonyl (C=O) groups excluding carboxylic acids is 2. The van der Waals surface area contributed by atoms with Crippen LogP contribution in [0.15, 0.2) is 0 Å². The zero-order chi connectivity index (χ0) is 19.2. The Balaban J connectivity index is 2.52. The fraction of sp³-hybridized carbons (Fsp3) is 0.909. The molecular weight excluding hydrogens is 328 g/mol. The molecule has 0 aliphatic heterocycles. The van der Waals surface area contributed by atoms with Gasteiger partial charge in [-0.15, -0.1) is 0 Å². The number of ether oxygens (including phenoxy) is 2. The highest BCUT2D eigenvalue weighted by Gasteiger charge is 2.38. The number of esters is 2. The maximum atomic E-state index is 12.6. The first-order chi connectivity index (χ1) is 12.6. The van der Waals surface area contributed by atoms with Crippen molar-refractivity contribution in [3.63, 3.8) is 0 Å². The highest BCUT2D eigenvalue weighted by atomic mass is 16.5. The van der Waals surface area contributed by atoms with Gasteiger partial charge in [-0.25, -0.2) is 0 Å². The second kappa shape index (κ2) is 14.1. The van der Waals surface area contributed by atoms with Gasteiger partial charge in [0.15, 0.2) is 0 Å². The summed E-state index contributed by atoms with van der Waals surface area (Å²) in [6.45, 7) is 7.45. The van der Waals surface area contributed by atoms with Crippen molar-refractivity contribution in [1.82, 2.24) is 0 Å². The molecule has 1 aliphatic rings. The van der Waals surface area contributed by atoms with E-state index in [-0.39, 0.29) is 23.8 Å². The van der Waals surface area contributed by atoms with Gasteiger partial charge in [0, 0.05) is 0 Å². The lowest BCUT2D eigenvalue weighted by Gasteiger charge is -2.23. The molecule has 152 valence electrons. The molecule has 0 aromatic heterocycles. The quantitative estimate of drug-likeness (QED) is 0.253. The third-order valence-corrected chi connectivity index (χ3v) is 5.44. The van der Waals surface area contributed by atoms with Gasteiger partial charge < -0.3 is 9.47 Å². The van der Waals surface area contributed by atoms with Crippen LogP contribution >= 0.6 is 0 Å². The van der Waals surface area contributed by atoms with Crippen molar-refractivity contribution in [2.75, 3.05) is 13.2 Å². The van der Waals surface area contributed by atoms with Gasteiger partial charge in [0.05, 0.1) is 25.0 Å². The van der Waals surface area contributed by atoms with E-state index >= 15 is 0 Å². The Morgan fingerprint density at radius 1 is 0.769 bits per heavy atom. The minimum absolute atomic E-state index is 0.191. The van der Waals surface area contributed by atoms with Crippen LogP contribution in [-0.4, -0.2) is 25.2 Å². The maximum Gasteiger partial charge on any atom is 0.309 e. The van der Waals surface area contributed by atoms with Crippen LogP contribution in [0.2, 0.25) is 0 Å². The number of rotatable bonds is 12. The maximum absolute atomic E-state index is 12.6. The Hall–Kier alpha value is -1.06. The first-order valence-electron chi connectivity index (χ1n) is 10.9. The lowest BCUT2D eigenvalue weighted by molar-refractivity contribution is -0.161. The molecule has 1 saturated carbocycles. The highest BCUT2D eigenvalue weighted by Crippen LogP contribution is 2.34. The molecule has 4 nitrogen and oxygen atoms in total. The average molecular weight is 369 g/mol. The normalized spacial score (nSPS) is 23.3. The Kier molecular flexibility index (Phi) is 12.4. The van der Waals surface area contributed by atoms with Crippen molar-refractivity contribution in [3.8, 4) is 0 Å². The predicted molar refractivity (Wildman–Crippen MR) is 105 cm³/mol. The fourth-order valence-corrected chi connectivity index (χ4v) is 3.76. The van der Waals surface area contributed by atoms with Crippen molar-refractivity contribution in [1.29, 1.82) is 0 Å². The molecule has 3 unspecified atom stereocenters. The van der Waals surface area contributed by atoms with Crippen molar-refractivity contribution < 1.29 is 19.1 Å². The third kappa shape index (κ3) is 9.05. The van der Waals surface area contributed by atoms with Crippen LogP contribution in [0, 0.1) is 17.8 Å². The first-order valence-corrected chi connectivity index (χ1v) is 10.9. The zero-order valence-corrected chi connectivity index (χ0v) is 17.3. The van der Waals surface area contributed by atoms with Gasteiger partial charge in [-0.2, -0.15) is 0 Å². The zero-order valence-electron chi connectivity index (χ0n) is 17.3. The molecule has 0 saturated heterocycles. The molecule has 1 fully saturated rings. The molecule has 1 rings (SSSR count). The number of hydrogen-bond donors (Lipinski definition) is 0. The van der Waals surface area contributed by atoms with Gasteiger partial charge in [-0.1, -0.05) is 72.1 Å². The van der Waals surface area contributed by atoms with E-state index in [2.05, 4.69) is 20.8 Å². The summed E-state index contributed by atoms with van der Waals surface area (Å²) in [5.74, 6) is -0.585. The summed E-state index contributed by atoms with van der Waals surface area (Å²) in [6.07, 6.45) is 12.2. The van der Waals surface area contributed by atoms with E-state index < -0.39 is 0 Å². The number of unbranched alkanes of at least 4 members (excludes halogenated alkanes) is 6. The molecule has 0 radical (unpaired) electrons. The van der Waals surface area contributed by atoms with Crippen LogP contribution in [-0.2, 0) is 19.1 Å². The third-order valence-electron chi connectivity index (χ3n) is 5.44. The molecule has 0 aromatic carbocycles. The van der Waals surface area contributed by atoms with Crippen molar-refractivity contribution in [2.24, 2.45) is 17.8 Å². The van der Waals surface area contributed by atoms with Gasteiger partial charge in [-0.3, -0.25) is 9.59 Å². The van der Waals surface area contributed by atoms with Crippen LogP contribution < -0.4 is 0 Å². The van der Waals surface area contributed by atoms with E-state index in [0.717, 1.165) is 51.4 Å². The largest absolute Gasteiger partial charge is 0.465 e. The molecule has 0 bridgehead atoms. The molecule has 26 heavy (non-hydrogen) atoms. The summed E-state index contributed by atoms with van der Waals surface area (Å²) in [7, 11) is 0. The molecule has 0 amide bonds. The van der Waals surface area contributed by atoms with Crippen LogP contribution in [0.1, 0.15) is 97.8 Å². The summed E-state index contributed by atoms with van der Waals surface area (Å²) in [6, 6.07) is 0. The van der Waals surface area contributed by atoms with Crippen molar-refractivity contribution >= 4 is 11.9 Å². The topological polar surface area (TPSA) is 52.6 Å². The second-order valence-electron chi connectivity index (χ2n) is 7.94.